The van der Waals surface area contributed by atoms with Gasteiger partial charge in [0.2, 0.25) is 0 Å². The van der Waals surface area contributed by atoms with E-state index in [0.29, 0.717) is 5.92 Å². The summed E-state index contributed by atoms with van der Waals surface area (Å²) in [5.74, 6) is 1.74. The van der Waals surface area contributed by atoms with Gasteiger partial charge in [-0.15, -0.1) is 0 Å². The highest BCUT2D eigenvalue weighted by molar-refractivity contribution is 5.28. The molecule has 0 aromatic carbocycles. The monoisotopic (exact) mass is 193 g/mol. The number of furan rings is 1. The van der Waals surface area contributed by atoms with Crippen molar-refractivity contribution in [1.82, 2.24) is 5.32 Å². The van der Waals surface area contributed by atoms with Gasteiger partial charge in [-0.25, -0.2) is 0 Å². The molecule has 0 saturated carbocycles. The van der Waals surface area contributed by atoms with E-state index in [1.165, 1.54) is 11.3 Å². The van der Waals surface area contributed by atoms with Crippen LogP contribution in [0.4, 0.5) is 0 Å². The average Bonchev–Trinajstić information content (AvgIpc) is 2.64. The summed E-state index contributed by atoms with van der Waals surface area (Å²) in [6.45, 7) is 7.81. The van der Waals surface area contributed by atoms with Crippen molar-refractivity contribution in [3.05, 3.63) is 23.7 Å². The Morgan fingerprint density at radius 3 is 3.00 bits per heavy atom. The van der Waals surface area contributed by atoms with Crippen LogP contribution in [-0.2, 0) is 12.0 Å². The molecule has 1 N–H and O–H groups in total. The lowest BCUT2D eigenvalue weighted by molar-refractivity contribution is 0.175. The molecule has 1 aliphatic heterocycles. The minimum absolute atomic E-state index is 0.0666. The summed E-state index contributed by atoms with van der Waals surface area (Å²) >= 11 is 0. The van der Waals surface area contributed by atoms with E-state index >= 15 is 0 Å². The Kier molecular flexibility index (Phi) is 2.40. The van der Waals surface area contributed by atoms with Crippen LogP contribution in [0.5, 0.6) is 0 Å². The molecule has 0 aliphatic carbocycles. The number of hydrogen-bond donors (Lipinski definition) is 1. The molecule has 1 aromatic rings. The Bertz CT molecular complexity index is 316. The van der Waals surface area contributed by atoms with Gasteiger partial charge in [-0.05, 0) is 30.4 Å². The maximum Gasteiger partial charge on any atom is 0.127 e. The van der Waals surface area contributed by atoms with Crippen LogP contribution in [0, 0.1) is 5.92 Å². The Morgan fingerprint density at radius 1 is 1.57 bits per heavy atom. The third kappa shape index (κ3) is 1.21. The third-order valence-electron chi connectivity index (χ3n) is 3.53. The molecule has 1 aliphatic rings. The molecule has 0 spiro atoms. The summed E-state index contributed by atoms with van der Waals surface area (Å²) in [4.78, 5) is 0. The highest BCUT2D eigenvalue weighted by Gasteiger charge is 2.40. The minimum Gasteiger partial charge on any atom is -0.467 e. The van der Waals surface area contributed by atoms with Crippen LogP contribution >= 0.6 is 0 Å². The SMILES string of the molecule is CCC1(C(C)C)NCCc2ccoc21. The van der Waals surface area contributed by atoms with Crippen LogP contribution in [0.3, 0.4) is 0 Å². The van der Waals surface area contributed by atoms with Gasteiger partial charge in [-0.3, -0.25) is 0 Å². The van der Waals surface area contributed by atoms with Crippen molar-refractivity contribution in [2.75, 3.05) is 6.54 Å². The largest absolute Gasteiger partial charge is 0.467 e. The zero-order valence-electron chi connectivity index (χ0n) is 9.26. The fourth-order valence-electron chi connectivity index (χ4n) is 2.58. The van der Waals surface area contributed by atoms with Gasteiger partial charge in [0.05, 0.1) is 11.8 Å². The molecular formula is C12H19NO. The van der Waals surface area contributed by atoms with Crippen molar-refractivity contribution in [2.24, 2.45) is 5.92 Å². The van der Waals surface area contributed by atoms with Crippen LogP contribution < -0.4 is 5.32 Å². The smallest absolute Gasteiger partial charge is 0.127 e. The molecule has 0 radical (unpaired) electrons. The molecule has 2 heterocycles. The van der Waals surface area contributed by atoms with Crippen molar-refractivity contribution in [3.63, 3.8) is 0 Å². The summed E-state index contributed by atoms with van der Waals surface area (Å²) in [5, 5.41) is 3.63. The summed E-state index contributed by atoms with van der Waals surface area (Å²) in [5.41, 5.74) is 1.45. The number of hydrogen-bond acceptors (Lipinski definition) is 2. The molecule has 0 amide bonds. The Labute approximate surface area is 85.7 Å². The number of fused-ring (bicyclic) bond motifs is 1. The molecule has 1 atom stereocenters. The first kappa shape index (κ1) is 9.78. The summed E-state index contributed by atoms with van der Waals surface area (Å²) in [7, 11) is 0. The Morgan fingerprint density at radius 2 is 2.36 bits per heavy atom. The molecule has 0 bridgehead atoms. The molecule has 2 heteroatoms. The van der Waals surface area contributed by atoms with Crippen LogP contribution in [-0.4, -0.2) is 6.54 Å². The summed E-state index contributed by atoms with van der Waals surface area (Å²) < 4.78 is 5.66. The summed E-state index contributed by atoms with van der Waals surface area (Å²) in [6, 6.07) is 2.11. The quantitative estimate of drug-likeness (QED) is 0.781. The normalized spacial score (nSPS) is 26.6. The minimum atomic E-state index is 0.0666. The van der Waals surface area contributed by atoms with Gasteiger partial charge in [0, 0.05) is 6.54 Å². The molecule has 78 valence electrons. The number of rotatable bonds is 2. The second kappa shape index (κ2) is 3.43. The Balaban J connectivity index is 2.47. The van der Waals surface area contributed by atoms with Crippen LogP contribution in [0.25, 0.3) is 0 Å². The lowest BCUT2D eigenvalue weighted by Gasteiger charge is -2.39. The maximum absolute atomic E-state index is 5.66. The van der Waals surface area contributed by atoms with Crippen LogP contribution in [0.1, 0.15) is 38.5 Å². The highest BCUT2D eigenvalue weighted by atomic mass is 16.3. The van der Waals surface area contributed by atoms with E-state index in [2.05, 4.69) is 32.2 Å². The van der Waals surface area contributed by atoms with Crippen LogP contribution in [0.2, 0.25) is 0 Å². The number of nitrogens with one attached hydrogen (secondary N) is 1. The van der Waals surface area contributed by atoms with Crippen molar-refractivity contribution in [1.29, 1.82) is 0 Å². The lowest BCUT2D eigenvalue weighted by Crippen LogP contribution is -2.50. The average molecular weight is 193 g/mol. The molecule has 0 saturated heterocycles. The molecule has 1 unspecified atom stereocenters. The fourth-order valence-corrected chi connectivity index (χ4v) is 2.58. The van der Waals surface area contributed by atoms with Gasteiger partial charge in [0.1, 0.15) is 5.76 Å². The first-order valence-electron chi connectivity index (χ1n) is 5.52. The predicted molar refractivity (Wildman–Crippen MR) is 57.2 cm³/mol. The van der Waals surface area contributed by atoms with Crippen molar-refractivity contribution >= 4 is 0 Å². The maximum atomic E-state index is 5.66. The Hall–Kier alpha value is -0.760. The van der Waals surface area contributed by atoms with E-state index in [-0.39, 0.29) is 5.54 Å². The standard InChI is InChI=1S/C12H19NO/c1-4-12(9(2)3)11-10(5-7-13-12)6-8-14-11/h6,8-9,13H,4-5,7H2,1-3H3. The van der Waals surface area contributed by atoms with E-state index in [0.717, 1.165) is 19.4 Å². The van der Waals surface area contributed by atoms with Gasteiger partial charge < -0.3 is 9.73 Å². The fraction of sp³-hybridized carbons (Fsp3) is 0.667. The van der Waals surface area contributed by atoms with E-state index in [4.69, 9.17) is 4.42 Å². The first-order chi connectivity index (χ1) is 6.70. The molecule has 0 fully saturated rings. The topological polar surface area (TPSA) is 25.2 Å². The van der Waals surface area contributed by atoms with Crippen molar-refractivity contribution in [2.45, 2.75) is 39.2 Å². The first-order valence-corrected chi connectivity index (χ1v) is 5.52. The second-order valence-electron chi connectivity index (χ2n) is 4.43. The molecule has 2 rings (SSSR count). The van der Waals surface area contributed by atoms with Gasteiger partial charge in [-0.2, -0.15) is 0 Å². The van der Waals surface area contributed by atoms with Crippen molar-refractivity contribution in [3.8, 4) is 0 Å². The second-order valence-corrected chi connectivity index (χ2v) is 4.43. The van der Waals surface area contributed by atoms with Gasteiger partial charge in [-0.1, -0.05) is 20.8 Å². The zero-order chi connectivity index (χ0) is 10.2. The molecule has 1 aromatic heterocycles. The van der Waals surface area contributed by atoms with E-state index < -0.39 is 0 Å². The van der Waals surface area contributed by atoms with E-state index in [1.807, 2.05) is 6.26 Å². The lowest BCUT2D eigenvalue weighted by atomic mass is 9.77. The van der Waals surface area contributed by atoms with Crippen molar-refractivity contribution < 1.29 is 4.42 Å². The van der Waals surface area contributed by atoms with Crippen LogP contribution in [0.15, 0.2) is 16.7 Å². The van der Waals surface area contributed by atoms with Gasteiger partial charge in [0.15, 0.2) is 0 Å². The molecule has 2 nitrogen and oxygen atoms in total. The molecular weight excluding hydrogens is 174 g/mol. The third-order valence-corrected chi connectivity index (χ3v) is 3.53. The predicted octanol–water partition coefficient (Wildman–Crippen LogP) is 2.69. The summed E-state index contributed by atoms with van der Waals surface area (Å²) in [6.07, 6.45) is 4.01. The molecule has 14 heavy (non-hydrogen) atoms. The van der Waals surface area contributed by atoms with Gasteiger partial charge >= 0.3 is 0 Å². The highest BCUT2D eigenvalue weighted by Crippen LogP contribution is 2.38. The van der Waals surface area contributed by atoms with E-state index in [1.54, 1.807) is 0 Å². The van der Waals surface area contributed by atoms with Gasteiger partial charge in [0.25, 0.3) is 0 Å². The van der Waals surface area contributed by atoms with E-state index in [9.17, 15) is 0 Å². The zero-order valence-corrected chi connectivity index (χ0v) is 9.26.